The van der Waals surface area contributed by atoms with Crippen LogP contribution in [0.1, 0.15) is 0 Å². The molecule has 0 N–H and O–H groups in total. The Bertz CT molecular complexity index is 2310. The van der Waals surface area contributed by atoms with E-state index in [-0.39, 0.29) is 0 Å². The summed E-state index contributed by atoms with van der Waals surface area (Å²) in [5.41, 5.74) is 13.5. The molecule has 3 heterocycles. The number of para-hydroxylation sites is 4. The standard InChI is InChI=1S/C41H27N3/c1-3-15-28(16-4-1)30-19-7-11-23-34(30)43-36-25-13-9-21-32(36)40-38(43)27-39-41(42-40)33-22-10-14-26-37(33)44(39)35-24-12-8-20-31(35)29-17-5-2-6-18-29/h1-27H. The van der Waals surface area contributed by atoms with Gasteiger partial charge in [0.2, 0.25) is 0 Å². The van der Waals surface area contributed by atoms with Crippen LogP contribution in [0.25, 0.3) is 77.5 Å². The van der Waals surface area contributed by atoms with Crippen LogP contribution in [0.3, 0.4) is 0 Å². The van der Waals surface area contributed by atoms with Crippen molar-refractivity contribution < 1.29 is 0 Å². The van der Waals surface area contributed by atoms with E-state index >= 15 is 0 Å². The molecule has 0 spiro atoms. The molecule has 0 amide bonds. The van der Waals surface area contributed by atoms with Gasteiger partial charge >= 0.3 is 0 Å². The molecule has 0 unspecified atom stereocenters. The first-order valence-electron chi connectivity index (χ1n) is 15.0. The quantitative estimate of drug-likeness (QED) is 0.210. The lowest BCUT2D eigenvalue weighted by molar-refractivity contribution is 1.16. The zero-order valence-corrected chi connectivity index (χ0v) is 23.9. The summed E-state index contributed by atoms with van der Waals surface area (Å²) in [6, 6.07) is 58.3. The van der Waals surface area contributed by atoms with Crippen molar-refractivity contribution in [1.82, 2.24) is 14.1 Å². The van der Waals surface area contributed by atoms with Crippen molar-refractivity contribution in [3.8, 4) is 33.6 Å². The van der Waals surface area contributed by atoms with Crippen LogP contribution in [0.2, 0.25) is 0 Å². The number of rotatable bonds is 4. The fourth-order valence-corrected chi connectivity index (χ4v) is 6.81. The molecular weight excluding hydrogens is 534 g/mol. The summed E-state index contributed by atoms with van der Waals surface area (Å²) in [5, 5.41) is 2.29. The first-order valence-corrected chi connectivity index (χ1v) is 15.0. The number of pyridine rings is 1. The maximum atomic E-state index is 5.49. The molecule has 3 heteroatoms. The number of aromatic nitrogens is 3. The van der Waals surface area contributed by atoms with Gasteiger partial charge in [0.1, 0.15) is 0 Å². The lowest BCUT2D eigenvalue weighted by Crippen LogP contribution is -1.99. The van der Waals surface area contributed by atoms with Crippen LogP contribution in [-0.4, -0.2) is 14.1 Å². The van der Waals surface area contributed by atoms with E-state index in [2.05, 4.69) is 173 Å². The van der Waals surface area contributed by atoms with Gasteiger partial charge in [-0.05, 0) is 41.5 Å². The Balaban J connectivity index is 1.43. The number of fused-ring (bicyclic) bond motifs is 6. The third-order valence-corrected chi connectivity index (χ3v) is 8.72. The van der Waals surface area contributed by atoms with E-state index in [0.717, 1.165) is 55.2 Å². The van der Waals surface area contributed by atoms with Crippen molar-refractivity contribution in [2.24, 2.45) is 0 Å². The predicted molar refractivity (Wildman–Crippen MR) is 184 cm³/mol. The summed E-state index contributed by atoms with van der Waals surface area (Å²) >= 11 is 0. The molecule has 0 saturated heterocycles. The van der Waals surface area contributed by atoms with Gasteiger partial charge < -0.3 is 9.13 Å². The summed E-state index contributed by atoms with van der Waals surface area (Å²) in [6.07, 6.45) is 0. The highest BCUT2D eigenvalue weighted by molar-refractivity contribution is 6.15. The molecule has 0 radical (unpaired) electrons. The molecule has 0 atom stereocenters. The van der Waals surface area contributed by atoms with Crippen molar-refractivity contribution in [2.45, 2.75) is 0 Å². The molecule has 44 heavy (non-hydrogen) atoms. The smallest absolute Gasteiger partial charge is 0.0972 e. The second kappa shape index (κ2) is 9.82. The molecule has 9 rings (SSSR count). The monoisotopic (exact) mass is 561 g/mol. The van der Waals surface area contributed by atoms with E-state index in [4.69, 9.17) is 4.98 Å². The topological polar surface area (TPSA) is 22.8 Å². The lowest BCUT2D eigenvalue weighted by atomic mass is 10.0. The first kappa shape index (κ1) is 24.6. The fraction of sp³-hybridized carbons (Fsp3) is 0. The first-order chi connectivity index (χ1) is 21.9. The van der Waals surface area contributed by atoms with Gasteiger partial charge in [0.15, 0.2) is 0 Å². The summed E-state index contributed by atoms with van der Waals surface area (Å²) in [7, 11) is 0. The normalized spacial score (nSPS) is 11.6. The maximum Gasteiger partial charge on any atom is 0.0972 e. The van der Waals surface area contributed by atoms with Crippen LogP contribution in [0, 0.1) is 0 Å². The second-order valence-corrected chi connectivity index (χ2v) is 11.2. The number of hydrogen-bond donors (Lipinski definition) is 0. The highest BCUT2D eigenvalue weighted by Gasteiger charge is 2.21. The molecule has 0 saturated carbocycles. The number of benzene rings is 6. The minimum absolute atomic E-state index is 1.01. The Morgan fingerprint density at radius 3 is 1.20 bits per heavy atom. The Labute approximate surface area is 254 Å². The lowest BCUT2D eigenvalue weighted by Gasteiger charge is -2.15. The van der Waals surface area contributed by atoms with Gasteiger partial charge in [0.25, 0.3) is 0 Å². The summed E-state index contributed by atoms with van der Waals surface area (Å²) in [4.78, 5) is 5.49. The largest absolute Gasteiger partial charge is 0.307 e. The number of hydrogen-bond acceptors (Lipinski definition) is 1. The average molecular weight is 562 g/mol. The third-order valence-electron chi connectivity index (χ3n) is 8.72. The molecule has 6 aromatic carbocycles. The van der Waals surface area contributed by atoms with Crippen LogP contribution >= 0.6 is 0 Å². The van der Waals surface area contributed by atoms with Crippen molar-refractivity contribution >= 4 is 43.9 Å². The van der Waals surface area contributed by atoms with Gasteiger partial charge in [-0.15, -0.1) is 0 Å². The van der Waals surface area contributed by atoms with Gasteiger partial charge in [-0.3, -0.25) is 0 Å². The highest BCUT2D eigenvalue weighted by atomic mass is 15.0. The Hall–Kier alpha value is -5.93. The van der Waals surface area contributed by atoms with Crippen molar-refractivity contribution in [1.29, 1.82) is 0 Å². The van der Waals surface area contributed by atoms with E-state index < -0.39 is 0 Å². The van der Waals surface area contributed by atoms with Gasteiger partial charge in [0.05, 0.1) is 44.5 Å². The zero-order chi connectivity index (χ0) is 29.0. The summed E-state index contributed by atoms with van der Waals surface area (Å²) < 4.78 is 4.79. The van der Waals surface area contributed by atoms with E-state index in [9.17, 15) is 0 Å². The molecule has 0 bridgehead atoms. The fourth-order valence-electron chi connectivity index (χ4n) is 6.81. The van der Waals surface area contributed by atoms with E-state index in [1.165, 1.54) is 22.3 Å². The molecular formula is C41H27N3. The SMILES string of the molecule is c1ccc(-c2ccccc2-n2c3ccccc3c3nc4c5ccccc5n(-c5ccccc5-c5ccccc5)c4cc32)cc1. The van der Waals surface area contributed by atoms with Crippen LogP contribution in [0.5, 0.6) is 0 Å². The zero-order valence-electron chi connectivity index (χ0n) is 23.9. The molecule has 0 aliphatic rings. The Kier molecular flexibility index (Phi) is 5.50. The molecule has 3 aromatic heterocycles. The van der Waals surface area contributed by atoms with Gasteiger partial charge in [-0.2, -0.15) is 0 Å². The molecule has 0 aliphatic carbocycles. The average Bonchev–Trinajstić information content (AvgIpc) is 3.60. The van der Waals surface area contributed by atoms with Crippen LogP contribution < -0.4 is 0 Å². The van der Waals surface area contributed by atoms with Gasteiger partial charge in [0, 0.05) is 21.9 Å². The van der Waals surface area contributed by atoms with Crippen LogP contribution in [-0.2, 0) is 0 Å². The van der Waals surface area contributed by atoms with Crippen LogP contribution in [0.4, 0.5) is 0 Å². The molecule has 0 fully saturated rings. The molecule has 9 aromatic rings. The Morgan fingerprint density at radius 2 is 0.727 bits per heavy atom. The van der Waals surface area contributed by atoms with Gasteiger partial charge in [-0.25, -0.2) is 4.98 Å². The maximum absolute atomic E-state index is 5.49. The second-order valence-electron chi connectivity index (χ2n) is 11.2. The minimum atomic E-state index is 1.01. The van der Waals surface area contributed by atoms with Crippen molar-refractivity contribution in [3.63, 3.8) is 0 Å². The molecule has 206 valence electrons. The number of nitrogens with zero attached hydrogens (tertiary/aromatic N) is 3. The van der Waals surface area contributed by atoms with Crippen LogP contribution in [0.15, 0.2) is 164 Å². The minimum Gasteiger partial charge on any atom is -0.307 e. The van der Waals surface area contributed by atoms with Crippen molar-refractivity contribution in [2.75, 3.05) is 0 Å². The van der Waals surface area contributed by atoms with E-state index in [1.54, 1.807) is 0 Å². The summed E-state index contributed by atoms with van der Waals surface area (Å²) in [6.45, 7) is 0. The Morgan fingerprint density at radius 1 is 0.341 bits per heavy atom. The molecule has 3 nitrogen and oxygen atoms in total. The van der Waals surface area contributed by atoms with E-state index in [1.807, 2.05) is 0 Å². The molecule has 0 aliphatic heterocycles. The predicted octanol–water partition coefficient (Wildman–Crippen LogP) is 10.6. The summed E-state index contributed by atoms with van der Waals surface area (Å²) in [5.74, 6) is 0. The van der Waals surface area contributed by atoms with Gasteiger partial charge in [-0.1, -0.05) is 133 Å². The highest BCUT2D eigenvalue weighted by Crippen LogP contribution is 2.40. The third kappa shape index (κ3) is 3.66. The van der Waals surface area contributed by atoms with E-state index in [0.29, 0.717) is 0 Å². The van der Waals surface area contributed by atoms with Crippen molar-refractivity contribution in [3.05, 3.63) is 164 Å².